The summed E-state index contributed by atoms with van der Waals surface area (Å²) in [5.41, 5.74) is 1.87. The van der Waals surface area contributed by atoms with E-state index in [0.29, 0.717) is 0 Å². The first-order chi connectivity index (χ1) is 14.8. The van der Waals surface area contributed by atoms with Crippen molar-refractivity contribution >= 4 is 6.09 Å². The van der Waals surface area contributed by atoms with Crippen molar-refractivity contribution in [2.24, 2.45) is 0 Å². The quantitative estimate of drug-likeness (QED) is 0.649. The Bertz CT molecular complexity index is 763. The highest BCUT2D eigenvalue weighted by Gasteiger charge is 2.35. The topological polar surface area (TPSA) is 61.8 Å². The van der Waals surface area contributed by atoms with Crippen molar-refractivity contribution in [1.29, 1.82) is 0 Å². The third-order valence-corrected chi connectivity index (χ3v) is 5.70. The molecule has 0 radical (unpaired) electrons. The summed E-state index contributed by atoms with van der Waals surface area (Å²) < 4.78 is 5.44. The molecule has 1 fully saturated rings. The van der Waals surface area contributed by atoms with Crippen LogP contribution in [0.25, 0.3) is 0 Å². The number of amides is 1. The Balaban J connectivity index is 1.79. The molecular weight excluding hydrogens is 388 g/mol. The van der Waals surface area contributed by atoms with Gasteiger partial charge in [0.2, 0.25) is 0 Å². The molecule has 0 aromatic heterocycles. The van der Waals surface area contributed by atoms with Gasteiger partial charge in [0.25, 0.3) is 0 Å². The van der Waals surface area contributed by atoms with Crippen molar-refractivity contribution in [3.05, 3.63) is 71.8 Å². The summed E-state index contributed by atoms with van der Waals surface area (Å²) in [5.74, 6) is 0. The number of ether oxygens (including phenoxy) is 1. The van der Waals surface area contributed by atoms with Gasteiger partial charge in [0.1, 0.15) is 5.60 Å². The summed E-state index contributed by atoms with van der Waals surface area (Å²) in [6.07, 6.45) is 2.51. The number of hydrogen-bond donors (Lipinski definition) is 2. The van der Waals surface area contributed by atoms with Crippen molar-refractivity contribution in [2.75, 3.05) is 0 Å². The number of rotatable bonds is 6. The van der Waals surface area contributed by atoms with Gasteiger partial charge in [-0.2, -0.15) is 0 Å². The Morgan fingerprint density at radius 2 is 1.48 bits per heavy atom. The maximum atomic E-state index is 12.4. The average molecular weight is 425 g/mol. The standard InChI is InChI=1S/C26H36N2O3/c1-26(2,3)31-25(30)27-22-16-10-11-17-23(24(22)29)28(18-20-12-6-4-7-13-20)19-21-14-8-5-9-15-21/h4-9,12-15,22-24,29H,10-11,16-19H2,1-3H3,(H,27,30). The second-order valence-corrected chi connectivity index (χ2v) is 9.47. The Morgan fingerprint density at radius 1 is 0.968 bits per heavy atom. The molecule has 168 valence electrons. The van der Waals surface area contributed by atoms with Crippen LogP contribution in [0.4, 0.5) is 4.79 Å². The number of carbonyl (C=O) groups is 1. The SMILES string of the molecule is CC(C)(C)OC(=O)NC1CCCCC(N(Cc2ccccc2)Cc2ccccc2)C1O. The molecule has 5 nitrogen and oxygen atoms in total. The van der Waals surface area contributed by atoms with E-state index >= 15 is 0 Å². The summed E-state index contributed by atoms with van der Waals surface area (Å²) in [6, 6.07) is 20.3. The van der Waals surface area contributed by atoms with Gasteiger partial charge in [-0.1, -0.05) is 73.5 Å². The van der Waals surface area contributed by atoms with E-state index in [1.165, 1.54) is 11.1 Å². The van der Waals surface area contributed by atoms with Gasteiger partial charge in [-0.3, -0.25) is 4.90 Å². The second kappa shape index (κ2) is 10.8. The minimum atomic E-state index is -0.664. The molecule has 2 aromatic carbocycles. The van der Waals surface area contributed by atoms with Crippen molar-refractivity contribution in [2.45, 2.75) is 83.3 Å². The molecule has 3 unspecified atom stereocenters. The number of aliphatic hydroxyl groups excluding tert-OH is 1. The molecule has 1 aliphatic rings. The van der Waals surface area contributed by atoms with Gasteiger partial charge < -0.3 is 15.2 Å². The Morgan fingerprint density at radius 3 is 2.00 bits per heavy atom. The number of benzene rings is 2. The molecule has 2 N–H and O–H groups in total. The highest BCUT2D eigenvalue weighted by atomic mass is 16.6. The summed E-state index contributed by atoms with van der Waals surface area (Å²) in [6.45, 7) is 7.04. The summed E-state index contributed by atoms with van der Waals surface area (Å²) in [7, 11) is 0. The molecule has 1 aliphatic carbocycles. The lowest BCUT2D eigenvalue weighted by atomic mass is 9.98. The molecule has 0 spiro atoms. The molecule has 31 heavy (non-hydrogen) atoms. The Kier molecular flexibility index (Phi) is 8.10. The lowest BCUT2D eigenvalue weighted by molar-refractivity contribution is 0.00778. The molecule has 2 aromatic rings. The summed E-state index contributed by atoms with van der Waals surface area (Å²) in [5, 5.41) is 14.3. The van der Waals surface area contributed by atoms with E-state index in [2.05, 4.69) is 34.5 Å². The lowest BCUT2D eigenvalue weighted by Gasteiger charge is -2.37. The average Bonchev–Trinajstić information content (AvgIpc) is 2.89. The number of hydrogen-bond acceptors (Lipinski definition) is 4. The molecule has 1 amide bonds. The number of nitrogens with zero attached hydrogens (tertiary/aromatic N) is 1. The zero-order valence-corrected chi connectivity index (χ0v) is 19.0. The molecule has 0 saturated heterocycles. The fourth-order valence-corrected chi connectivity index (χ4v) is 4.27. The third-order valence-electron chi connectivity index (χ3n) is 5.70. The van der Waals surface area contributed by atoms with Crippen LogP contribution in [0.15, 0.2) is 60.7 Å². The normalized spacial score (nSPS) is 22.0. The van der Waals surface area contributed by atoms with Crippen LogP contribution in [-0.4, -0.2) is 39.9 Å². The van der Waals surface area contributed by atoms with E-state index < -0.39 is 17.8 Å². The highest BCUT2D eigenvalue weighted by Crippen LogP contribution is 2.26. The van der Waals surface area contributed by atoms with Crippen LogP contribution in [0, 0.1) is 0 Å². The van der Waals surface area contributed by atoms with Gasteiger partial charge in [-0.05, 0) is 44.7 Å². The van der Waals surface area contributed by atoms with Crippen LogP contribution in [-0.2, 0) is 17.8 Å². The van der Waals surface area contributed by atoms with Gasteiger partial charge in [0, 0.05) is 19.1 Å². The predicted molar refractivity (Wildman–Crippen MR) is 124 cm³/mol. The molecular formula is C26H36N2O3. The molecule has 3 rings (SSSR count). The molecule has 0 heterocycles. The van der Waals surface area contributed by atoms with E-state index in [1.807, 2.05) is 57.2 Å². The lowest BCUT2D eigenvalue weighted by Crippen LogP contribution is -2.53. The van der Waals surface area contributed by atoms with E-state index in [4.69, 9.17) is 4.74 Å². The van der Waals surface area contributed by atoms with Gasteiger partial charge in [0.15, 0.2) is 0 Å². The number of aliphatic hydroxyl groups is 1. The fourth-order valence-electron chi connectivity index (χ4n) is 4.27. The van der Waals surface area contributed by atoms with Crippen molar-refractivity contribution in [1.82, 2.24) is 10.2 Å². The Hall–Kier alpha value is -2.37. The van der Waals surface area contributed by atoms with Crippen LogP contribution in [0.2, 0.25) is 0 Å². The molecule has 0 aliphatic heterocycles. The molecule has 5 heteroatoms. The number of carbonyl (C=O) groups excluding carboxylic acids is 1. The van der Waals surface area contributed by atoms with Crippen LogP contribution >= 0.6 is 0 Å². The largest absolute Gasteiger partial charge is 0.444 e. The number of alkyl carbamates (subject to hydrolysis) is 1. The predicted octanol–water partition coefficient (Wildman–Crippen LogP) is 4.89. The van der Waals surface area contributed by atoms with E-state index in [-0.39, 0.29) is 12.1 Å². The fraction of sp³-hybridized carbons (Fsp3) is 0.500. The minimum Gasteiger partial charge on any atom is -0.444 e. The zero-order valence-electron chi connectivity index (χ0n) is 19.0. The molecule has 0 bridgehead atoms. The third kappa shape index (κ3) is 7.37. The van der Waals surface area contributed by atoms with Gasteiger partial charge >= 0.3 is 6.09 Å². The van der Waals surface area contributed by atoms with E-state index in [9.17, 15) is 9.90 Å². The number of nitrogens with one attached hydrogen (secondary N) is 1. The van der Waals surface area contributed by atoms with Gasteiger partial charge in [0.05, 0.1) is 12.1 Å². The van der Waals surface area contributed by atoms with Crippen LogP contribution in [0.1, 0.15) is 57.6 Å². The monoisotopic (exact) mass is 424 g/mol. The smallest absolute Gasteiger partial charge is 0.407 e. The maximum absolute atomic E-state index is 12.4. The molecule has 1 saturated carbocycles. The van der Waals surface area contributed by atoms with Crippen molar-refractivity contribution < 1.29 is 14.6 Å². The summed E-state index contributed by atoms with van der Waals surface area (Å²) >= 11 is 0. The van der Waals surface area contributed by atoms with Crippen LogP contribution < -0.4 is 5.32 Å². The van der Waals surface area contributed by atoms with Gasteiger partial charge in [-0.15, -0.1) is 0 Å². The first-order valence-corrected chi connectivity index (χ1v) is 11.3. The van der Waals surface area contributed by atoms with Crippen molar-refractivity contribution in [3.63, 3.8) is 0 Å². The minimum absolute atomic E-state index is 0.0529. The van der Waals surface area contributed by atoms with Gasteiger partial charge in [-0.25, -0.2) is 4.79 Å². The molecule has 3 atom stereocenters. The van der Waals surface area contributed by atoms with Crippen molar-refractivity contribution in [3.8, 4) is 0 Å². The first kappa shape index (κ1) is 23.3. The first-order valence-electron chi connectivity index (χ1n) is 11.3. The zero-order chi connectivity index (χ0) is 22.3. The summed E-state index contributed by atoms with van der Waals surface area (Å²) in [4.78, 5) is 14.7. The van der Waals surface area contributed by atoms with E-state index in [0.717, 1.165) is 38.8 Å². The second-order valence-electron chi connectivity index (χ2n) is 9.47. The highest BCUT2D eigenvalue weighted by molar-refractivity contribution is 5.68. The van der Waals surface area contributed by atoms with Crippen LogP contribution in [0.5, 0.6) is 0 Å². The Labute approximate surface area is 186 Å². The van der Waals surface area contributed by atoms with Crippen LogP contribution in [0.3, 0.4) is 0 Å². The maximum Gasteiger partial charge on any atom is 0.407 e. The van der Waals surface area contributed by atoms with E-state index in [1.54, 1.807) is 0 Å².